The van der Waals surface area contributed by atoms with Crippen LogP contribution in [0.25, 0.3) is 0 Å². The summed E-state index contributed by atoms with van der Waals surface area (Å²) in [6, 6.07) is 19.5. The number of carbonyl (C=O) groups excluding carboxylic acids is 1. The molecule has 0 heterocycles. The van der Waals surface area contributed by atoms with Gasteiger partial charge in [-0.2, -0.15) is 0 Å². The maximum atomic E-state index is 13.9. The maximum Gasteiger partial charge on any atom is 0.265 e. The van der Waals surface area contributed by atoms with Crippen LogP contribution < -0.4 is 5.32 Å². The van der Waals surface area contributed by atoms with Crippen LogP contribution in [-0.4, -0.2) is 11.0 Å². The molecular formula is C20H15F2NO2. The molecule has 2 N–H and O–H groups in total. The molecule has 0 aliphatic heterocycles. The molecule has 0 saturated heterocycles. The van der Waals surface area contributed by atoms with E-state index in [1.807, 2.05) is 0 Å². The molecule has 0 spiro atoms. The van der Waals surface area contributed by atoms with Crippen molar-refractivity contribution in [1.29, 1.82) is 0 Å². The van der Waals surface area contributed by atoms with Crippen molar-refractivity contribution in [2.45, 2.75) is 5.60 Å². The Morgan fingerprint density at radius 1 is 0.840 bits per heavy atom. The van der Waals surface area contributed by atoms with Crippen molar-refractivity contribution in [2.24, 2.45) is 0 Å². The fraction of sp³-hybridized carbons (Fsp3) is 0.0500. The summed E-state index contributed by atoms with van der Waals surface area (Å²) in [6.45, 7) is 0. The topological polar surface area (TPSA) is 49.3 Å². The Morgan fingerprint density at radius 2 is 1.36 bits per heavy atom. The summed E-state index contributed by atoms with van der Waals surface area (Å²) in [7, 11) is 0. The summed E-state index contributed by atoms with van der Waals surface area (Å²) >= 11 is 0. The van der Waals surface area contributed by atoms with Gasteiger partial charge in [0.25, 0.3) is 5.91 Å². The number of rotatable bonds is 4. The average molecular weight is 339 g/mol. The molecule has 0 aliphatic carbocycles. The minimum Gasteiger partial charge on any atom is -0.372 e. The van der Waals surface area contributed by atoms with Crippen molar-refractivity contribution in [3.8, 4) is 0 Å². The number of halogens is 2. The quantitative estimate of drug-likeness (QED) is 0.759. The molecule has 3 aromatic rings. The van der Waals surface area contributed by atoms with Crippen LogP contribution in [0.5, 0.6) is 0 Å². The lowest BCUT2D eigenvalue weighted by Crippen LogP contribution is -2.41. The minimum absolute atomic E-state index is 0.211. The molecule has 0 bridgehead atoms. The number of amides is 1. The third-order valence-electron chi connectivity index (χ3n) is 3.89. The van der Waals surface area contributed by atoms with Gasteiger partial charge in [-0.15, -0.1) is 0 Å². The largest absolute Gasteiger partial charge is 0.372 e. The highest BCUT2D eigenvalue weighted by molar-refractivity contribution is 6.00. The summed E-state index contributed by atoms with van der Waals surface area (Å²) in [5.41, 5.74) is -1.57. The predicted octanol–water partition coefficient (Wildman–Crippen LogP) is 3.84. The summed E-state index contributed by atoms with van der Waals surface area (Å²) < 4.78 is 26.9. The molecule has 3 nitrogen and oxygen atoms in total. The van der Waals surface area contributed by atoms with E-state index in [1.54, 1.807) is 60.7 Å². The normalized spacial score (nSPS) is 11.2. The van der Waals surface area contributed by atoms with Crippen molar-refractivity contribution < 1.29 is 18.7 Å². The molecule has 0 aliphatic rings. The highest BCUT2D eigenvalue weighted by atomic mass is 19.1. The lowest BCUT2D eigenvalue weighted by atomic mass is 9.85. The Bertz CT molecular complexity index is 843. The second kappa shape index (κ2) is 6.83. The Labute approximate surface area is 143 Å². The molecular weight excluding hydrogens is 324 g/mol. The molecule has 5 heteroatoms. The van der Waals surface area contributed by atoms with Gasteiger partial charge in [-0.05, 0) is 23.3 Å². The first-order valence-corrected chi connectivity index (χ1v) is 7.62. The Kier molecular flexibility index (Phi) is 4.59. The monoisotopic (exact) mass is 339 g/mol. The van der Waals surface area contributed by atoms with Crippen LogP contribution in [-0.2, 0) is 10.4 Å². The number of hydrogen-bond acceptors (Lipinski definition) is 2. The average Bonchev–Trinajstić information content (AvgIpc) is 2.64. The van der Waals surface area contributed by atoms with Crippen molar-refractivity contribution in [2.75, 3.05) is 5.32 Å². The second-order valence-corrected chi connectivity index (χ2v) is 5.52. The van der Waals surface area contributed by atoms with Crippen LogP contribution in [0.15, 0.2) is 78.9 Å². The zero-order valence-corrected chi connectivity index (χ0v) is 13.1. The van der Waals surface area contributed by atoms with Crippen LogP contribution in [0.2, 0.25) is 0 Å². The van der Waals surface area contributed by atoms with Gasteiger partial charge in [0.15, 0.2) is 5.60 Å². The van der Waals surface area contributed by atoms with Crippen LogP contribution in [0.3, 0.4) is 0 Å². The van der Waals surface area contributed by atoms with E-state index < -0.39 is 23.1 Å². The number of aliphatic hydroxyl groups is 1. The summed E-state index contributed by atoms with van der Waals surface area (Å²) in [6.07, 6.45) is 0. The van der Waals surface area contributed by atoms with Gasteiger partial charge in [-0.25, -0.2) is 8.78 Å². The van der Waals surface area contributed by atoms with E-state index in [1.165, 1.54) is 0 Å². The first-order chi connectivity index (χ1) is 12.0. The smallest absolute Gasteiger partial charge is 0.265 e. The van der Waals surface area contributed by atoms with Crippen LogP contribution in [0, 0.1) is 11.6 Å². The number of benzene rings is 3. The van der Waals surface area contributed by atoms with Gasteiger partial charge < -0.3 is 10.4 Å². The highest BCUT2D eigenvalue weighted by Crippen LogP contribution is 2.31. The lowest BCUT2D eigenvalue weighted by Gasteiger charge is -2.28. The number of carbonyl (C=O) groups is 1. The molecule has 3 aromatic carbocycles. The fourth-order valence-electron chi connectivity index (χ4n) is 2.59. The number of hydrogen-bond donors (Lipinski definition) is 2. The van der Waals surface area contributed by atoms with Crippen molar-refractivity contribution in [3.05, 3.63) is 102 Å². The molecule has 0 radical (unpaired) electrons. The standard InChI is InChI=1S/C20H15F2NO2/c21-16-11-12-18(17(22)13-16)23-19(24)20(25,14-7-3-1-4-8-14)15-9-5-2-6-10-15/h1-13,25H,(H,23,24). The Morgan fingerprint density at radius 3 is 1.84 bits per heavy atom. The predicted molar refractivity (Wildman–Crippen MR) is 90.9 cm³/mol. The first-order valence-electron chi connectivity index (χ1n) is 7.62. The molecule has 1 amide bonds. The summed E-state index contributed by atoms with van der Waals surface area (Å²) in [5, 5.41) is 13.6. The van der Waals surface area contributed by atoms with Crippen LogP contribution in [0.1, 0.15) is 11.1 Å². The van der Waals surface area contributed by atoms with Gasteiger partial charge >= 0.3 is 0 Å². The van der Waals surface area contributed by atoms with E-state index in [2.05, 4.69) is 5.32 Å². The van der Waals surface area contributed by atoms with Crippen molar-refractivity contribution in [1.82, 2.24) is 0 Å². The molecule has 25 heavy (non-hydrogen) atoms. The molecule has 126 valence electrons. The third-order valence-corrected chi connectivity index (χ3v) is 3.89. The molecule has 0 atom stereocenters. The SMILES string of the molecule is O=C(Nc1ccc(F)cc1F)C(O)(c1ccccc1)c1ccccc1. The van der Waals surface area contributed by atoms with E-state index in [9.17, 15) is 18.7 Å². The molecule has 0 saturated carbocycles. The van der Waals surface area contributed by atoms with Gasteiger partial charge in [-0.3, -0.25) is 4.79 Å². The zero-order chi connectivity index (χ0) is 17.9. The molecule has 3 rings (SSSR count). The van der Waals surface area contributed by atoms with Crippen LogP contribution >= 0.6 is 0 Å². The van der Waals surface area contributed by atoms with Gasteiger partial charge in [0, 0.05) is 6.07 Å². The highest BCUT2D eigenvalue weighted by Gasteiger charge is 2.40. The van der Waals surface area contributed by atoms with Gasteiger partial charge in [-0.1, -0.05) is 60.7 Å². The maximum absolute atomic E-state index is 13.9. The summed E-state index contributed by atoms with van der Waals surface area (Å²) in [5.74, 6) is -2.51. The first kappa shape index (κ1) is 16.8. The number of anilines is 1. The van der Waals surface area contributed by atoms with Gasteiger partial charge in [0.05, 0.1) is 5.69 Å². The minimum atomic E-state index is -2.02. The van der Waals surface area contributed by atoms with Gasteiger partial charge in [0.1, 0.15) is 11.6 Å². The molecule has 0 fully saturated rings. The molecule has 0 aromatic heterocycles. The van der Waals surface area contributed by atoms with E-state index in [-0.39, 0.29) is 5.69 Å². The van der Waals surface area contributed by atoms with Crippen molar-refractivity contribution in [3.63, 3.8) is 0 Å². The molecule has 0 unspecified atom stereocenters. The van der Waals surface area contributed by atoms with E-state index in [4.69, 9.17) is 0 Å². The summed E-state index contributed by atoms with van der Waals surface area (Å²) in [4.78, 5) is 12.9. The third kappa shape index (κ3) is 3.27. The fourth-order valence-corrected chi connectivity index (χ4v) is 2.59. The van der Waals surface area contributed by atoms with E-state index in [0.717, 1.165) is 12.1 Å². The van der Waals surface area contributed by atoms with Gasteiger partial charge in [0.2, 0.25) is 0 Å². The number of nitrogens with one attached hydrogen (secondary N) is 1. The Balaban J connectivity index is 2.04. The Hall–Kier alpha value is -3.05. The van der Waals surface area contributed by atoms with Crippen molar-refractivity contribution >= 4 is 11.6 Å². The second-order valence-electron chi connectivity index (χ2n) is 5.52. The van der Waals surface area contributed by atoms with Crippen LogP contribution in [0.4, 0.5) is 14.5 Å². The van der Waals surface area contributed by atoms with E-state index in [0.29, 0.717) is 17.2 Å². The zero-order valence-electron chi connectivity index (χ0n) is 13.1. The lowest BCUT2D eigenvalue weighted by molar-refractivity contribution is -0.131. The van der Waals surface area contributed by atoms with E-state index >= 15 is 0 Å².